The molecule has 0 N–H and O–H groups in total. The van der Waals surface area contributed by atoms with E-state index in [4.69, 9.17) is 15.0 Å². The van der Waals surface area contributed by atoms with Gasteiger partial charge in [-0.2, -0.15) is 0 Å². The molecule has 0 unspecified atom stereocenters. The molecule has 0 amide bonds. The molecule has 0 saturated heterocycles. The van der Waals surface area contributed by atoms with Crippen molar-refractivity contribution in [3.8, 4) is 45.3 Å². The van der Waals surface area contributed by atoms with Gasteiger partial charge in [-0.25, -0.2) is 15.0 Å². The third-order valence-electron chi connectivity index (χ3n) is 9.49. The van der Waals surface area contributed by atoms with Crippen LogP contribution in [0, 0.1) is 0 Å². The fourth-order valence-corrected chi connectivity index (χ4v) is 8.20. The monoisotopic (exact) mass is 641 g/mol. The van der Waals surface area contributed by atoms with Crippen LogP contribution in [0.15, 0.2) is 164 Å². The number of nitrogens with zero attached hydrogens (tertiary/aromatic N) is 3. The summed E-state index contributed by atoms with van der Waals surface area (Å²) in [5.74, 6) is 1.98. The average Bonchev–Trinajstić information content (AvgIpc) is 3.55. The first-order valence-corrected chi connectivity index (χ1v) is 17.3. The summed E-state index contributed by atoms with van der Waals surface area (Å²) in [6.45, 7) is 0. The number of hydrogen-bond acceptors (Lipinski definition) is 4. The number of fused-ring (bicyclic) bond motifs is 7. The Labute approximate surface area is 286 Å². The SMILES string of the molecule is c1ccc(-c2ccc(-c3nc(-c4ccc5ccccc5c4)nc(-c4cccc5sc6cc7ccc8ccccc8c7cc6c45)n3)cc2)cc1. The van der Waals surface area contributed by atoms with Crippen LogP contribution in [0.2, 0.25) is 0 Å². The van der Waals surface area contributed by atoms with Gasteiger partial charge in [-0.3, -0.25) is 0 Å². The van der Waals surface area contributed by atoms with Crippen LogP contribution in [0.1, 0.15) is 0 Å². The number of hydrogen-bond donors (Lipinski definition) is 0. The van der Waals surface area contributed by atoms with E-state index < -0.39 is 0 Å². The lowest BCUT2D eigenvalue weighted by Gasteiger charge is -2.11. The number of benzene rings is 8. The van der Waals surface area contributed by atoms with Crippen LogP contribution in [0.4, 0.5) is 0 Å². The molecule has 228 valence electrons. The molecule has 0 radical (unpaired) electrons. The van der Waals surface area contributed by atoms with Gasteiger partial charge in [-0.05, 0) is 67.7 Å². The fraction of sp³-hybridized carbons (Fsp3) is 0. The first-order valence-electron chi connectivity index (χ1n) is 16.4. The van der Waals surface area contributed by atoms with Crippen LogP contribution in [0.25, 0.3) is 97.8 Å². The van der Waals surface area contributed by atoms with Gasteiger partial charge in [-0.15, -0.1) is 11.3 Å². The van der Waals surface area contributed by atoms with Crippen LogP contribution >= 0.6 is 11.3 Å². The van der Waals surface area contributed by atoms with E-state index >= 15 is 0 Å². The third-order valence-corrected chi connectivity index (χ3v) is 10.6. The normalized spacial score (nSPS) is 11.7. The molecule has 0 aliphatic carbocycles. The molecule has 49 heavy (non-hydrogen) atoms. The second-order valence-electron chi connectivity index (χ2n) is 12.4. The van der Waals surface area contributed by atoms with E-state index in [0.29, 0.717) is 17.5 Å². The largest absolute Gasteiger partial charge is 0.208 e. The first-order chi connectivity index (χ1) is 24.2. The zero-order valence-electron chi connectivity index (χ0n) is 26.3. The molecule has 3 nitrogen and oxygen atoms in total. The molecule has 0 bridgehead atoms. The van der Waals surface area contributed by atoms with Gasteiger partial charge in [0.15, 0.2) is 17.5 Å². The zero-order valence-corrected chi connectivity index (χ0v) is 27.2. The van der Waals surface area contributed by atoms with E-state index in [2.05, 4.69) is 158 Å². The molecule has 0 spiro atoms. The Bertz CT molecular complexity index is 2870. The van der Waals surface area contributed by atoms with Gasteiger partial charge in [0.1, 0.15) is 0 Å². The maximum absolute atomic E-state index is 5.20. The van der Waals surface area contributed by atoms with Crippen molar-refractivity contribution in [1.82, 2.24) is 15.0 Å². The molecule has 10 aromatic rings. The van der Waals surface area contributed by atoms with Gasteiger partial charge < -0.3 is 0 Å². The van der Waals surface area contributed by atoms with Crippen molar-refractivity contribution in [3.05, 3.63) is 164 Å². The summed E-state index contributed by atoms with van der Waals surface area (Å²) in [7, 11) is 0. The molecule has 4 heteroatoms. The van der Waals surface area contributed by atoms with Crippen molar-refractivity contribution in [1.29, 1.82) is 0 Å². The summed E-state index contributed by atoms with van der Waals surface area (Å²) < 4.78 is 2.47. The topological polar surface area (TPSA) is 38.7 Å². The maximum Gasteiger partial charge on any atom is 0.164 e. The lowest BCUT2D eigenvalue weighted by atomic mass is 9.98. The van der Waals surface area contributed by atoms with Gasteiger partial charge >= 0.3 is 0 Å². The van der Waals surface area contributed by atoms with Crippen molar-refractivity contribution in [2.75, 3.05) is 0 Å². The van der Waals surface area contributed by atoms with Crippen LogP contribution in [-0.2, 0) is 0 Å². The van der Waals surface area contributed by atoms with E-state index in [1.807, 2.05) is 17.4 Å². The fourth-order valence-electron chi connectivity index (χ4n) is 7.04. The Kier molecular flexibility index (Phi) is 6.36. The Balaban J connectivity index is 1.20. The molecule has 2 heterocycles. The van der Waals surface area contributed by atoms with E-state index in [0.717, 1.165) is 27.6 Å². The van der Waals surface area contributed by atoms with E-state index in [1.54, 1.807) is 0 Å². The second kappa shape index (κ2) is 11.2. The summed E-state index contributed by atoms with van der Waals surface area (Å²) in [4.78, 5) is 15.5. The van der Waals surface area contributed by atoms with E-state index in [-0.39, 0.29) is 0 Å². The molecule has 0 fully saturated rings. The van der Waals surface area contributed by atoms with Crippen molar-refractivity contribution < 1.29 is 0 Å². The molecule has 0 saturated carbocycles. The molecule has 0 aliphatic heterocycles. The van der Waals surface area contributed by atoms with E-state index in [9.17, 15) is 0 Å². The summed E-state index contributed by atoms with van der Waals surface area (Å²) in [5.41, 5.74) is 5.26. The minimum Gasteiger partial charge on any atom is -0.208 e. The molecule has 10 rings (SSSR count). The Hall–Kier alpha value is -6.23. The van der Waals surface area contributed by atoms with Crippen molar-refractivity contribution in [3.63, 3.8) is 0 Å². The Morgan fingerprint density at radius 2 is 0.959 bits per heavy atom. The van der Waals surface area contributed by atoms with Gasteiger partial charge in [0, 0.05) is 36.9 Å². The van der Waals surface area contributed by atoms with Crippen molar-refractivity contribution >= 4 is 63.8 Å². The lowest BCUT2D eigenvalue weighted by Crippen LogP contribution is -2.00. The van der Waals surface area contributed by atoms with Crippen LogP contribution < -0.4 is 0 Å². The Morgan fingerprint density at radius 1 is 0.327 bits per heavy atom. The van der Waals surface area contributed by atoms with Gasteiger partial charge in [0.05, 0.1) is 0 Å². The molecule has 0 atom stereocenters. The van der Waals surface area contributed by atoms with Gasteiger partial charge in [-0.1, -0.05) is 140 Å². The zero-order chi connectivity index (χ0) is 32.3. The first kappa shape index (κ1) is 27.8. The number of rotatable bonds is 4. The lowest BCUT2D eigenvalue weighted by molar-refractivity contribution is 1.08. The molecule has 2 aromatic heterocycles. The summed E-state index contributed by atoms with van der Waals surface area (Å²) in [6, 6.07) is 58.1. The molecule has 8 aromatic carbocycles. The predicted octanol–water partition coefficient (Wildman–Crippen LogP) is 12.4. The minimum absolute atomic E-state index is 0.653. The highest BCUT2D eigenvalue weighted by atomic mass is 32.1. The van der Waals surface area contributed by atoms with Gasteiger partial charge in [0.25, 0.3) is 0 Å². The average molecular weight is 642 g/mol. The molecular formula is C45H27N3S. The highest BCUT2D eigenvalue weighted by Crippen LogP contribution is 2.42. The van der Waals surface area contributed by atoms with E-state index in [1.165, 1.54) is 52.7 Å². The number of thiophene rings is 1. The highest BCUT2D eigenvalue weighted by molar-refractivity contribution is 7.26. The summed E-state index contributed by atoms with van der Waals surface area (Å²) in [6.07, 6.45) is 0. The Morgan fingerprint density at radius 3 is 1.82 bits per heavy atom. The van der Waals surface area contributed by atoms with Crippen LogP contribution in [-0.4, -0.2) is 15.0 Å². The maximum atomic E-state index is 5.20. The quantitative estimate of drug-likeness (QED) is 0.180. The predicted molar refractivity (Wildman–Crippen MR) is 207 cm³/mol. The summed E-state index contributed by atoms with van der Waals surface area (Å²) in [5, 5.41) is 9.76. The number of aromatic nitrogens is 3. The van der Waals surface area contributed by atoms with Crippen molar-refractivity contribution in [2.45, 2.75) is 0 Å². The van der Waals surface area contributed by atoms with Crippen molar-refractivity contribution in [2.24, 2.45) is 0 Å². The standard InChI is InChI=1S/C45H27N3S/c1-2-9-28(10-3-1)30-17-21-32(22-18-30)43-46-44(35-24-19-29-11-4-5-13-33(29)25-35)48-45(47-43)37-15-8-16-40-42(37)39-27-38-34(26-41(39)49-40)23-20-31-12-6-7-14-36(31)38/h1-27H. The highest BCUT2D eigenvalue weighted by Gasteiger charge is 2.18. The second-order valence-corrected chi connectivity index (χ2v) is 13.5. The minimum atomic E-state index is 0.653. The van der Waals surface area contributed by atoms with Crippen LogP contribution in [0.3, 0.4) is 0 Å². The molecule has 0 aliphatic rings. The van der Waals surface area contributed by atoms with Gasteiger partial charge in [0.2, 0.25) is 0 Å². The molecular weight excluding hydrogens is 615 g/mol. The summed E-state index contributed by atoms with van der Waals surface area (Å²) >= 11 is 1.82. The van der Waals surface area contributed by atoms with Crippen LogP contribution in [0.5, 0.6) is 0 Å². The smallest absolute Gasteiger partial charge is 0.164 e. The third kappa shape index (κ3) is 4.76.